The normalized spacial score (nSPS) is 11.3. The van der Waals surface area contributed by atoms with Crippen LogP contribution in [0.1, 0.15) is 24.2 Å². The van der Waals surface area contributed by atoms with E-state index < -0.39 is 17.4 Å². The molecule has 0 aliphatic rings. The number of nitrogens with zero attached hydrogens (tertiary/aromatic N) is 1. The van der Waals surface area contributed by atoms with Crippen LogP contribution in [-0.4, -0.2) is 22.3 Å². The number of nitrogens with two attached hydrogens (primary N) is 2. The predicted octanol–water partition coefficient (Wildman–Crippen LogP) is 0.811. The number of aromatic nitrogens is 1. The zero-order chi connectivity index (χ0) is 14.9. The molecule has 2 aromatic rings. The molecule has 5 N–H and O–H groups in total. The van der Waals surface area contributed by atoms with Crippen LogP contribution in [0.5, 0.6) is 0 Å². The molecule has 0 saturated carbocycles. The number of fused-ring (bicyclic) bond motifs is 1. The van der Waals surface area contributed by atoms with Crippen LogP contribution in [0.15, 0.2) is 30.3 Å². The number of rotatable bonds is 3. The molecule has 2 amide bonds. The third-order valence-corrected chi connectivity index (χ3v) is 3.02. The van der Waals surface area contributed by atoms with Gasteiger partial charge < -0.3 is 16.8 Å². The lowest BCUT2D eigenvalue weighted by molar-refractivity contribution is -0.122. The van der Waals surface area contributed by atoms with Gasteiger partial charge in [-0.3, -0.25) is 9.59 Å². The van der Waals surface area contributed by atoms with Gasteiger partial charge in [0.1, 0.15) is 11.4 Å². The van der Waals surface area contributed by atoms with E-state index in [-0.39, 0.29) is 5.82 Å². The Labute approximate surface area is 116 Å². The SMILES string of the molecule is CC(C)(NC(=O)c1cc(N)nc2ccccc12)C(N)=O. The first-order valence-electron chi connectivity index (χ1n) is 6.09. The van der Waals surface area contributed by atoms with Gasteiger partial charge in [0.05, 0.1) is 11.1 Å². The summed E-state index contributed by atoms with van der Waals surface area (Å²) in [4.78, 5) is 27.8. The molecular formula is C14H16N4O2. The van der Waals surface area contributed by atoms with Crippen LogP contribution in [0.2, 0.25) is 0 Å². The van der Waals surface area contributed by atoms with Crippen molar-refractivity contribution in [2.45, 2.75) is 19.4 Å². The fourth-order valence-electron chi connectivity index (χ4n) is 1.80. The highest BCUT2D eigenvalue weighted by molar-refractivity contribution is 6.08. The quantitative estimate of drug-likeness (QED) is 0.767. The Balaban J connectivity index is 2.47. The molecule has 1 heterocycles. The van der Waals surface area contributed by atoms with Gasteiger partial charge in [0, 0.05) is 5.39 Å². The fraction of sp³-hybridized carbons (Fsp3) is 0.214. The van der Waals surface area contributed by atoms with E-state index in [0.29, 0.717) is 16.5 Å². The van der Waals surface area contributed by atoms with Gasteiger partial charge in [-0.1, -0.05) is 18.2 Å². The number of carbonyl (C=O) groups excluding carboxylic acids is 2. The van der Waals surface area contributed by atoms with Crippen molar-refractivity contribution >= 4 is 28.5 Å². The topological polar surface area (TPSA) is 111 Å². The van der Waals surface area contributed by atoms with Gasteiger partial charge in [0.25, 0.3) is 5.91 Å². The number of nitrogens with one attached hydrogen (secondary N) is 1. The lowest BCUT2D eigenvalue weighted by Gasteiger charge is -2.22. The highest BCUT2D eigenvalue weighted by Gasteiger charge is 2.28. The third kappa shape index (κ3) is 2.54. The summed E-state index contributed by atoms with van der Waals surface area (Å²) in [6.07, 6.45) is 0. The molecule has 0 saturated heterocycles. The standard InChI is InChI=1S/C14H16N4O2/c1-14(2,13(16)20)18-12(19)9-7-11(15)17-10-6-4-3-5-8(9)10/h3-7H,1-2H3,(H2,15,17)(H2,16,20)(H,18,19). The Bertz CT molecular complexity index is 695. The first-order valence-corrected chi connectivity index (χ1v) is 6.09. The molecule has 0 fully saturated rings. The maximum Gasteiger partial charge on any atom is 0.252 e. The molecule has 1 aromatic heterocycles. The van der Waals surface area contributed by atoms with E-state index in [1.54, 1.807) is 32.0 Å². The van der Waals surface area contributed by atoms with Crippen LogP contribution in [0.25, 0.3) is 10.9 Å². The minimum absolute atomic E-state index is 0.241. The van der Waals surface area contributed by atoms with Crippen molar-refractivity contribution in [3.63, 3.8) is 0 Å². The minimum Gasteiger partial charge on any atom is -0.384 e. The lowest BCUT2D eigenvalue weighted by Crippen LogP contribution is -2.53. The van der Waals surface area contributed by atoms with E-state index in [2.05, 4.69) is 10.3 Å². The Morgan fingerprint density at radius 3 is 2.55 bits per heavy atom. The van der Waals surface area contributed by atoms with Gasteiger partial charge in [-0.05, 0) is 26.0 Å². The first kappa shape index (κ1) is 13.8. The fourth-order valence-corrected chi connectivity index (χ4v) is 1.80. The molecule has 0 spiro atoms. The van der Waals surface area contributed by atoms with Crippen molar-refractivity contribution in [1.29, 1.82) is 0 Å². The third-order valence-electron chi connectivity index (χ3n) is 3.02. The number of benzene rings is 1. The van der Waals surface area contributed by atoms with Crippen molar-refractivity contribution in [3.8, 4) is 0 Å². The number of hydrogen-bond acceptors (Lipinski definition) is 4. The molecule has 0 unspecified atom stereocenters. The van der Waals surface area contributed by atoms with Crippen molar-refractivity contribution < 1.29 is 9.59 Å². The molecule has 0 atom stereocenters. The maximum absolute atomic E-state index is 12.3. The number of carbonyl (C=O) groups is 2. The first-order chi connectivity index (χ1) is 9.31. The molecule has 0 aliphatic heterocycles. The molecule has 104 valence electrons. The summed E-state index contributed by atoms with van der Waals surface area (Å²) < 4.78 is 0. The number of primary amides is 1. The summed E-state index contributed by atoms with van der Waals surface area (Å²) in [5.74, 6) is -0.790. The molecule has 6 nitrogen and oxygen atoms in total. The lowest BCUT2D eigenvalue weighted by atomic mass is 10.0. The van der Waals surface area contributed by atoms with E-state index >= 15 is 0 Å². The largest absolute Gasteiger partial charge is 0.384 e. The summed E-state index contributed by atoms with van der Waals surface area (Å²) in [6, 6.07) is 8.63. The average Bonchev–Trinajstić information content (AvgIpc) is 2.36. The van der Waals surface area contributed by atoms with E-state index in [9.17, 15) is 9.59 Å². The molecule has 0 aliphatic carbocycles. The maximum atomic E-state index is 12.3. The second kappa shape index (κ2) is 4.80. The Hall–Kier alpha value is -2.63. The summed E-state index contributed by atoms with van der Waals surface area (Å²) >= 11 is 0. The Morgan fingerprint density at radius 2 is 1.90 bits per heavy atom. The predicted molar refractivity (Wildman–Crippen MR) is 76.9 cm³/mol. The zero-order valence-electron chi connectivity index (χ0n) is 11.3. The van der Waals surface area contributed by atoms with Gasteiger partial charge in [-0.25, -0.2) is 4.98 Å². The monoisotopic (exact) mass is 272 g/mol. The average molecular weight is 272 g/mol. The van der Waals surface area contributed by atoms with Gasteiger partial charge in [0.15, 0.2) is 0 Å². The number of para-hydroxylation sites is 1. The molecular weight excluding hydrogens is 256 g/mol. The van der Waals surface area contributed by atoms with Gasteiger partial charge >= 0.3 is 0 Å². The Morgan fingerprint density at radius 1 is 1.25 bits per heavy atom. The summed E-state index contributed by atoms with van der Waals surface area (Å²) in [7, 11) is 0. The van der Waals surface area contributed by atoms with E-state index in [1.807, 2.05) is 6.07 Å². The van der Waals surface area contributed by atoms with Gasteiger partial charge in [0.2, 0.25) is 5.91 Å². The number of pyridine rings is 1. The molecule has 0 bridgehead atoms. The second-order valence-electron chi connectivity index (χ2n) is 5.06. The van der Waals surface area contributed by atoms with Crippen LogP contribution >= 0.6 is 0 Å². The summed E-state index contributed by atoms with van der Waals surface area (Å²) in [5.41, 5.74) is 10.8. The van der Waals surface area contributed by atoms with Crippen LogP contribution in [0, 0.1) is 0 Å². The van der Waals surface area contributed by atoms with Gasteiger partial charge in [-0.2, -0.15) is 0 Å². The van der Waals surface area contributed by atoms with Crippen LogP contribution < -0.4 is 16.8 Å². The number of hydrogen-bond donors (Lipinski definition) is 3. The molecule has 20 heavy (non-hydrogen) atoms. The van der Waals surface area contributed by atoms with Crippen molar-refractivity contribution in [1.82, 2.24) is 10.3 Å². The van der Waals surface area contributed by atoms with E-state index in [0.717, 1.165) is 0 Å². The second-order valence-corrected chi connectivity index (χ2v) is 5.06. The molecule has 6 heteroatoms. The van der Waals surface area contributed by atoms with Crippen LogP contribution in [0.3, 0.4) is 0 Å². The van der Waals surface area contributed by atoms with E-state index in [4.69, 9.17) is 11.5 Å². The highest BCUT2D eigenvalue weighted by Crippen LogP contribution is 2.20. The highest BCUT2D eigenvalue weighted by atomic mass is 16.2. The zero-order valence-corrected chi connectivity index (χ0v) is 11.3. The van der Waals surface area contributed by atoms with E-state index in [1.165, 1.54) is 6.07 Å². The molecule has 2 rings (SSSR count). The number of amides is 2. The van der Waals surface area contributed by atoms with Crippen molar-refractivity contribution in [2.24, 2.45) is 5.73 Å². The smallest absolute Gasteiger partial charge is 0.252 e. The van der Waals surface area contributed by atoms with Crippen molar-refractivity contribution in [3.05, 3.63) is 35.9 Å². The molecule has 0 radical (unpaired) electrons. The summed E-state index contributed by atoms with van der Waals surface area (Å²) in [6.45, 7) is 3.08. The van der Waals surface area contributed by atoms with Crippen LogP contribution in [0.4, 0.5) is 5.82 Å². The van der Waals surface area contributed by atoms with Crippen molar-refractivity contribution in [2.75, 3.05) is 5.73 Å². The minimum atomic E-state index is -1.14. The molecule has 1 aromatic carbocycles. The van der Waals surface area contributed by atoms with Crippen LogP contribution in [-0.2, 0) is 4.79 Å². The Kier molecular flexibility index (Phi) is 3.31. The number of anilines is 1. The summed E-state index contributed by atoms with van der Waals surface area (Å²) in [5, 5.41) is 3.26. The van der Waals surface area contributed by atoms with Gasteiger partial charge in [-0.15, -0.1) is 0 Å². The number of nitrogen functional groups attached to an aromatic ring is 1.